The van der Waals surface area contributed by atoms with Gasteiger partial charge in [0.25, 0.3) is 11.8 Å². The van der Waals surface area contributed by atoms with Crippen molar-refractivity contribution >= 4 is 5.95 Å². The van der Waals surface area contributed by atoms with E-state index in [1.54, 1.807) is 6.20 Å². The second kappa shape index (κ2) is 5.09. The molecule has 2 heterocycles. The maximum atomic E-state index is 5.30. The molecule has 0 saturated carbocycles. The van der Waals surface area contributed by atoms with Crippen molar-refractivity contribution in [1.82, 2.24) is 15.1 Å². The van der Waals surface area contributed by atoms with Crippen LogP contribution in [0.4, 0.5) is 5.95 Å². The van der Waals surface area contributed by atoms with Crippen molar-refractivity contribution in [3.63, 3.8) is 0 Å². The number of rotatable bonds is 1. The molecule has 0 saturated heterocycles. The van der Waals surface area contributed by atoms with Gasteiger partial charge in [0.15, 0.2) is 0 Å². The Bertz CT molecular complexity index is 408. The molecule has 0 unspecified atom stereocenters. The average molecular weight is 206 g/mol. The van der Waals surface area contributed by atoms with Gasteiger partial charge < -0.3 is 10.3 Å². The van der Waals surface area contributed by atoms with Crippen molar-refractivity contribution in [3.8, 4) is 11.6 Å². The number of hydrogen-bond acceptors (Lipinski definition) is 5. The molecule has 15 heavy (non-hydrogen) atoms. The fourth-order valence-corrected chi connectivity index (χ4v) is 0.933. The van der Waals surface area contributed by atoms with Crippen LogP contribution in [0.25, 0.3) is 11.6 Å². The van der Waals surface area contributed by atoms with E-state index in [1.165, 1.54) is 0 Å². The molecule has 0 bridgehead atoms. The van der Waals surface area contributed by atoms with Gasteiger partial charge in [-0.3, -0.25) is 4.98 Å². The summed E-state index contributed by atoms with van der Waals surface area (Å²) in [5, 5.41) is 3.47. The van der Waals surface area contributed by atoms with Crippen LogP contribution in [0, 0.1) is 6.92 Å². The lowest BCUT2D eigenvalue weighted by atomic mass is 10.3. The highest BCUT2D eigenvalue weighted by molar-refractivity contribution is 5.47. The van der Waals surface area contributed by atoms with Crippen LogP contribution in [0.1, 0.15) is 19.4 Å². The molecule has 0 aliphatic rings. The van der Waals surface area contributed by atoms with E-state index in [4.69, 9.17) is 10.3 Å². The summed E-state index contributed by atoms with van der Waals surface area (Å²) in [5.41, 5.74) is 7.02. The number of aromatic nitrogens is 3. The van der Waals surface area contributed by atoms with E-state index < -0.39 is 0 Å². The van der Waals surface area contributed by atoms with Gasteiger partial charge in [-0.15, -0.1) is 0 Å². The molecule has 2 N–H and O–H groups in total. The first-order valence-electron chi connectivity index (χ1n) is 4.78. The van der Waals surface area contributed by atoms with Gasteiger partial charge in [0, 0.05) is 6.20 Å². The molecular weight excluding hydrogens is 192 g/mol. The standard InChI is InChI=1S/C8H8N4O.C2H6/c1-5-2-3-6(10-4-5)7-11-8(9)12-13-7;1-2/h2-4H,1H3,(H2,9,12);1-2H3. The monoisotopic (exact) mass is 206 g/mol. The molecule has 0 spiro atoms. The summed E-state index contributed by atoms with van der Waals surface area (Å²) in [4.78, 5) is 7.96. The number of pyridine rings is 1. The first-order chi connectivity index (χ1) is 7.25. The summed E-state index contributed by atoms with van der Waals surface area (Å²) in [5.74, 6) is 0.467. The lowest BCUT2D eigenvalue weighted by Gasteiger charge is -1.92. The van der Waals surface area contributed by atoms with Crippen LogP contribution in [0.5, 0.6) is 0 Å². The third-order valence-electron chi connectivity index (χ3n) is 1.57. The number of nitrogens with zero attached hydrogens (tertiary/aromatic N) is 3. The van der Waals surface area contributed by atoms with Crippen LogP contribution >= 0.6 is 0 Å². The third-order valence-corrected chi connectivity index (χ3v) is 1.57. The number of nitrogens with two attached hydrogens (primary N) is 1. The quantitative estimate of drug-likeness (QED) is 0.772. The van der Waals surface area contributed by atoms with E-state index in [2.05, 4.69) is 15.1 Å². The van der Waals surface area contributed by atoms with Crippen LogP contribution < -0.4 is 5.73 Å². The molecular formula is C10H14N4O. The molecule has 0 amide bonds. The summed E-state index contributed by atoms with van der Waals surface area (Å²) < 4.78 is 4.84. The van der Waals surface area contributed by atoms with Crippen molar-refractivity contribution in [1.29, 1.82) is 0 Å². The highest BCUT2D eigenvalue weighted by Gasteiger charge is 2.06. The van der Waals surface area contributed by atoms with Gasteiger partial charge >= 0.3 is 0 Å². The normalized spacial score (nSPS) is 9.27. The molecule has 0 radical (unpaired) electrons. The molecule has 0 fully saturated rings. The second-order valence-electron chi connectivity index (χ2n) is 2.68. The Morgan fingerprint density at radius 1 is 1.27 bits per heavy atom. The number of hydrogen-bond donors (Lipinski definition) is 1. The topological polar surface area (TPSA) is 77.8 Å². The third kappa shape index (κ3) is 2.77. The highest BCUT2D eigenvalue weighted by Crippen LogP contribution is 2.14. The lowest BCUT2D eigenvalue weighted by molar-refractivity contribution is 0.431. The Labute approximate surface area is 88.3 Å². The predicted octanol–water partition coefficient (Wildman–Crippen LogP) is 2.05. The summed E-state index contributed by atoms with van der Waals surface area (Å²) >= 11 is 0. The molecule has 2 aromatic heterocycles. The van der Waals surface area contributed by atoms with Crippen molar-refractivity contribution in [2.45, 2.75) is 20.8 Å². The van der Waals surface area contributed by atoms with E-state index in [1.807, 2.05) is 32.9 Å². The summed E-state index contributed by atoms with van der Waals surface area (Å²) in [6.07, 6.45) is 1.73. The zero-order valence-electron chi connectivity index (χ0n) is 9.06. The zero-order valence-corrected chi connectivity index (χ0v) is 9.06. The second-order valence-corrected chi connectivity index (χ2v) is 2.68. The van der Waals surface area contributed by atoms with E-state index in [0.29, 0.717) is 11.6 Å². The molecule has 5 nitrogen and oxygen atoms in total. The summed E-state index contributed by atoms with van der Waals surface area (Å²) in [6, 6.07) is 3.73. The minimum atomic E-state index is 0.123. The molecule has 2 aromatic rings. The molecule has 5 heteroatoms. The highest BCUT2D eigenvalue weighted by atomic mass is 16.5. The molecule has 0 atom stereocenters. The summed E-state index contributed by atoms with van der Waals surface area (Å²) in [6.45, 7) is 5.96. The Morgan fingerprint density at radius 2 is 2.00 bits per heavy atom. The van der Waals surface area contributed by atoms with Gasteiger partial charge in [0.1, 0.15) is 5.69 Å². The smallest absolute Gasteiger partial charge is 0.278 e. The molecule has 0 aliphatic heterocycles. The van der Waals surface area contributed by atoms with Crippen molar-refractivity contribution < 1.29 is 4.52 Å². The first kappa shape index (κ1) is 11.2. The minimum Gasteiger partial charge on any atom is -0.365 e. The first-order valence-corrected chi connectivity index (χ1v) is 4.78. The molecule has 0 aliphatic carbocycles. The minimum absolute atomic E-state index is 0.123. The number of aryl methyl sites for hydroxylation is 1. The largest absolute Gasteiger partial charge is 0.365 e. The van der Waals surface area contributed by atoms with Crippen LogP contribution in [0.2, 0.25) is 0 Å². The molecule has 0 aromatic carbocycles. The van der Waals surface area contributed by atoms with Gasteiger partial charge in [0.2, 0.25) is 0 Å². The Morgan fingerprint density at radius 3 is 2.47 bits per heavy atom. The number of nitrogen functional groups attached to an aromatic ring is 1. The van der Waals surface area contributed by atoms with Gasteiger partial charge in [-0.05, 0) is 23.7 Å². The van der Waals surface area contributed by atoms with Gasteiger partial charge in [-0.1, -0.05) is 19.9 Å². The Hall–Kier alpha value is -1.91. The molecule has 80 valence electrons. The predicted molar refractivity (Wildman–Crippen MR) is 58.0 cm³/mol. The van der Waals surface area contributed by atoms with Crippen molar-refractivity contribution in [2.75, 3.05) is 5.73 Å². The Kier molecular flexibility index (Phi) is 3.79. The van der Waals surface area contributed by atoms with Crippen LogP contribution in [-0.4, -0.2) is 15.1 Å². The van der Waals surface area contributed by atoms with Gasteiger partial charge in [-0.25, -0.2) is 0 Å². The summed E-state index contributed by atoms with van der Waals surface area (Å²) in [7, 11) is 0. The Balaban J connectivity index is 0.000000531. The van der Waals surface area contributed by atoms with Crippen LogP contribution in [0.15, 0.2) is 22.9 Å². The van der Waals surface area contributed by atoms with Crippen molar-refractivity contribution in [3.05, 3.63) is 23.9 Å². The number of anilines is 1. The SMILES string of the molecule is CC.Cc1ccc(-c2nc(N)no2)nc1. The van der Waals surface area contributed by atoms with Gasteiger partial charge in [-0.2, -0.15) is 4.98 Å². The average Bonchev–Trinajstić information content (AvgIpc) is 2.69. The maximum Gasteiger partial charge on any atom is 0.278 e. The lowest BCUT2D eigenvalue weighted by Crippen LogP contribution is -1.87. The fraction of sp³-hybridized carbons (Fsp3) is 0.300. The van der Waals surface area contributed by atoms with E-state index in [9.17, 15) is 0 Å². The van der Waals surface area contributed by atoms with Crippen LogP contribution in [0.3, 0.4) is 0 Å². The van der Waals surface area contributed by atoms with Crippen molar-refractivity contribution in [2.24, 2.45) is 0 Å². The van der Waals surface area contributed by atoms with Gasteiger partial charge in [0.05, 0.1) is 0 Å². The molecule has 2 rings (SSSR count). The van der Waals surface area contributed by atoms with Crippen LogP contribution in [-0.2, 0) is 0 Å². The van der Waals surface area contributed by atoms with E-state index in [0.717, 1.165) is 5.56 Å². The van der Waals surface area contributed by atoms with E-state index in [-0.39, 0.29) is 5.95 Å². The maximum absolute atomic E-state index is 5.30. The zero-order chi connectivity index (χ0) is 11.3. The fourth-order valence-electron chi connectivity index (χ4n) is 0.933. The van der Waals surface area contributed by atoms with E-state index >= 15 is 0 Å².